The quantitative estimate of drug-likeness (QED) is 0.464. The molecule has 1 amide bonds. The SMILES string of the molecule is COC(COC1(CI)CCN(C(=O)OC(C)(C)C)CC1)C(C)C. The van der Waals surface area contributed by atoms with Gasteiger partial charge in [-0.2, -0.15) is 0 Å². The first-order chi connectivity index (χ1) is 10.6. The minimum Gasteiger partial charge on any atom is -0.444 e. The summed E-state index contributed by atoms with van der Waals surface area (Å²) in [6.07, 6.45) is 1.56. The van der Waals surface area contributed by atoms with Crippen molar-refractivity contribution in [3.63, 3.8) is 0 Å². The minimum absolute atomic E-state index is 0.110. The van der Waals surface area contributed by atoms with Gasteiger partial charge in [-0.15, -0.1) is 0 Å². The van der Waals surface area contributed by atoms with Gasteiger partial charge in [0.1, 0.15) is 5.60 Å². The Kier molecular flexibility index (Phi) is 8.07. The highest BCUT2D eigenvalue weighted by molar-refractivity contribution is 14.1. The number of ether oxygens (including phenoxy) is 3. The van der Waals surface area contributed by atoms with Gasteiger partial charge in [0.25, 0.3) is 0 Å². The Bertz CT molecular complexity index is 373. The van der Waals surface area contributed by atoms with Gasteiger partial charge in [0.05, 0.1) is 18.3 Å². The second-order valence-electron chi connectivity index (χ2n) is 7.61. The molecule has 6 heteroatoms. The second-order valence-corrected chi connectivity index (χ2v) is 8.38. The van der Waals surface area contributed by atoms with Gasteiger partial charge in [-0.3, -0.25) is 0 Å². The molecular formula is C17H32INO4. The third kappa shape index (κ3) is 6.74. The van der Waals surface area contributed by atoms with Crippen LogP contribution in [0, 0.1) is 5.92 Å². The van der Waals surface area contributed by atoms with Crippen LogP contribution in [0.5, 0.6) is 0 Å². The van der Waals surface area contributed by atoms with Crippen LogP contribution in [-0.2, 0) is 14.2 Å². The highest BCUT2D eigenvalue weighted by Crippen LogP contribution is 2.30. The fraction of sp³-hybridized carbons (Fsp3) is 0.941. The monoisotopic (exact) mass is 441 g/mol. The number of rotatable bonds is 6. The van der Waals surface area contributed by atoms with Gasteiger partial charge < -0.3 is 19.1 Å². The van der Waals surface area contributed by atoms with Crippen molar-refractivity contribution in [1.82, 2.24) is 4.90 Å². The van der Waals surface area contributed by atoms with Crippen LogP contribution in [0.15, 0.2) is 0 Å². The van der Waals surface area contributed by atoms with E-state index in [1.807, 2.05) is 20.8 Å². The van der Waals surface area contributed by atoms with Gasteiger partial charge in [-0.05, 0) is 39.5 Å². The molecule has 1 heterocycles. The molecule has 0 aromatic heterocycles. The molecule has 0 aliphatic carbocycles. The summed E-state index contributed by atoms with van der Waals surface area (Å²) >= 11 is 2.38. The number of hydrogen-bond acceptors (Lipinski definition) is 4. The molecule has 0 saturated carbocycles. The average molecular weight is 441 g/mol. The van der Waals surface area contributed by atoms with Crippen LogP contribution in [-0.4, -0.2) is 59.5 Å². The molecule has 1 aliphatic rings. The van der Waals surface area contributed by atoms with E-state index in [2.05, 4.69) is 36.4 Å². The maximum absolute atomic E-state index is 12.2. The molecule has 1 fully saturated rings. The molecule has 0 aromatic carbocycles. The molecule has 5 nitrogen and oxygen atoms in total. The van der Waals surface area contributed by atoms with Crippen LogP contribution < -0.4 is 0 Å². The molecule has 0 aromatic rings. The molecule has 23 heavy (non-hydrogen) atoms. The lowest BCUT2D eigenvalue weighted by Crippen LogP contribution is -2.51. The molecule has 1 aliphatic heterocycles. The van der Waals surface area contributed by atoms with Gasteiger partial charge >= 0.3 is 6.09 Å². The molecule has 1 atom stereocenters. The van der Waals surface area contributed by atoms with Crippen molar-refractivity contribution in [2.45, 2.75) is 64.8 Å². The van der Waals surface area contributed by atoms with Gasteiger partial charge in [0.2, 0.25) is 0 Å². The Morgan fingerprint density at radius 2 is 1.83 bits per heavy atom. The van der Waals surface area contributed by atoms with Gasteiger partial charge in [0, 0.05) is 24.6 Å². The number of amides is 1. The van der Waals surface area contributed by atoms with Crippen LogP contribution in [0.25, 0.3) is 0 Å². The summed E-state index contributed by atoms with van der Waals surface area (Å²) in [5.41, 5.74) is -0.612. The Morgan fingerprint density at radius 3 is 2.22 bits per heavy atom. The zero-order valence-corrected chi connectivity index (χ0v) is 17.5. The number of carbonyl (C=O) groups is 1. The van der Waals surface area contributed by atoms with E-state index in [9.17, 15) is 4.79 Å². The predicted molar refractivity (Wildman–Crippen MR) is 100 cm³/mol. The van der Waals surface area contributed by atoms with Crippen molar-refractivity contribution < 1.29 is 19.0 Å². The van der Waals surface area contributed by atoms with Crippen LogP contribution in [0.2, 0.25) is 0 Å². The fourth-order valence-electron chi connectivity index (χ4n) is 2.53. The van der Waals surface area contributed by atoms with E-state index >= 15 is 0 Å². The number of halogens is 1. The second kappa shape index (κ2) is 8.85. The number of hydrogen-bond donors (Lipinski definition) is 0. The first kappa shape index (κ1) is 21.0. The molecule has 1 unspecified atom stereocenters. The lowest BCUT2D eigenvalue weighted by atomic mass is 9.93. The summed E-state index contributed by atoms with van der Waals surface area (Å²) < 4.78 is 18.1. The minimum atomic E-state index is -0.450. The number of methoxy groups -OCH3 is 1. The van der Waals surface area contributed by atoms with E-state index in [0.29, 0.717) is 25.6 Å². The van der Waals surface area contributed by atoms with Crippen LogP contribution >= 0.6 is 22.6 Å². The van der Waals surface area contributed by atoms with Crippen molar-refractivity contribution in [3.05, 3.63) is 0 Å². The molecule has 0 radical (unpaired) electrons. The normalized spacial score (nSPS) is 19.7. The summed E-state index contributed by atoms with van der Waals surface area (Å²) in [5, 5.41) is 0. The third-order valence-electron chi connectivity index (χ3n) is 4.17. The first-order valence-electron chi connectivity index (χ1n) is 8.33. The molecule has 0 bridgehead atoms. The van der Waals surface area contributed by atoms with Gasteiger partial charge in [-0.1, -0.05) is 36.4 Å². The summed E-state index contributed by atoms with van der Waals surface area (Å²) in [4.78, 5) is 13.9. The van der Waals surface area contributed by atoms with E-state index < -0.39 is 5.60 Å². The lowest BCUT2D eigenvalue weighted by molar-refractivity contribution is -0.108. The van der Waals surface area contributed by atoms with Crippen LogP contribution in [0.3, 0.4) is 0 Å². The standard InChI is InChI=1S/C17H32INO4/c1-13(2)14(21-6)11-22-17(12-18)7-9-19(10-8-17)15(20)23-16(3,4)5/h13-14H,7-12H2,1-6H3. The molecule has 0 N–H and O–H groups in total. The molecule has 0 spiro atoms. The van der Waals surface area contributed by atoms with Crippen LogP contribution in [0.1, 0.15) is 47.5 Å². The van der Waals surface area contributed by atoms with Crippen molar-refractivity contribution in [1.29, 1.82) is 0 Å². The molecule has 1 saturated heterocycles. The Morgan fingerprint density at radius 1 is 1.26 bits per heavy atom. The zero-order chi connectivity index (χ0) is 17.7. The van der Waals surface area contributed by atoms with Crippen LogP contribution in [0.4, 0.5) is 4.79 Å². The maximum atomic E-state index is 12.2. The number of nitrogens with zero attached hydrogens (tertiary/aromatic N) is 1. The summed E-state index contributed by atoms with van der Waals surface area (Å²) in [6, 6.07) is 0. The number of piperidine rings is 1. The number of likely N-dealkylation sites (tertiary alicyclic amines) is 1. The van der Waals surface area contributed by atoms with Gasteiger partial charge in [-0.25, -0.2) is 4.79 Å². The summed E-state index contributed by atoms with van der Waals surface area (Å²) in [5.74, 6) is 0.424. The van der Waals surface area contributed by atoms with Crippen molar-refractivity contribution in [3.8, 4) is 0 Å². The molecule has 1 rings (SSSR count). The van der Waals surface area contributed by atoms with Crippen molar-refractivity contribution >= 4 is 28.7 Å². The summed E-state index contributed by atoms with van der Waals surface area (Å²) in [7, 11) is 1.73. The first-order valence-corrected chi connectivity index (χ1v) is 9.85. The van der Waals surface area contributed by atoms with E-state index in [1.54, 1.807) is 12.0 Å². The highest BCUT2D eigenvalue weighted by Gasteiger charge is 2.37. The highest BCUT2D eigenvalue weighted by atomic mass is 127. The van der Waals surface area contributed by atoms with E-state index in [4.69, 9.17) is 14.2 Å². The lowest BCUT2D eigenvalue weighted by Gasteiger charge is -2.41. The van der Waals surface area contributed by atoms with Gasteiger partial charge in [0.15, 0.2) is 0 Å². The Hall–Kier alpha value is -0.0800. The zero-order valence-electron chi connectivity index (χ0n) is 15.4. The number of carbonyl (C=O) groups excluding carboxylic acids is 1. The Balaban J connectivity index is 2.54. The third-order valence-corrected chi connectivity index (χ3v) is 5.56. The summed E-state index contributed by atoms with van der Waals surface area (Å²) in [6.45, 7) is 11.9. The topological polar surface area (TPSA) is 48.0 Å². The van der Waals surface area contributed by atoms with Crippen molar-refractivity contribution in [2.75, 3.05) is 31.2 Å². The fourth-order valence-corrected chi connectivity index (χ4v) is 3.51. The molecule has 136 valence electrons. The maximum Gasteiger partial charge on any atom is 0.410 e. The van der Waals surface area contributed by atoms with E-state index in [0.717, 1.165) is 17.3 Å². The smallest absolute Gasteiger partial charge is 0.410 e. The largest absolute Gasteiger partial charge is 0.444 e. The predicted octanol–water partition coefficient (Wildman–Crippen LogP) is 3.88. The molecular weight excluding hydrogens is 409 g/mol. The Labute approximate surface area is 154 Å². The van der Waals surface area contributed by atoms with Crippen molar-refractivity contribution in [2.24, 2.45) is 5.92 Å². The number of alkyl halides is 1. The van der Waals surface area contributed by atoms with E-state index in [-0.39, 0.29) is 17.8 Å². The average Bonchev–Trinajstić information content (AvgIpc) is 2.46. The van der Waals surface area contributed by atoms with E-state index in [1.165, 1.54) is 0 Å².